The van der Waals surface area contributed by atoms with E-state index in [4.69, 9.17) is 5.73 Å². The summed E-state index contributed by atoms with van der Waals surface area (Å²) in [5.74, 6) is 0.396. The fraction of sp³-hybridized carbons (Fsp3) is 0.667. The van der Waals surface area contributed by atoms with Crippen molar-refractivity contribution in [3.05, 3.63) is 11.8 Å². The van der Waals surface area contributed by atoms with Crippen LogP contribution in [0.5, 0.6) is 0 Å². The van der Waals surface area contributed by atoms with Crippen LogP contribution in [-0.4, -0.2) is 22.1 Å². The molecule has 5 heteroatoms. The van der Waals surface area contributed by atoms with Crippen molar-refractivity contribution in [1.82, 2.24) is 10.2 Å². The van der Waals surface area contributed by atoms with Crippen LogP contribution in [0.3, 0.4) is 0 Å². The second-order valence-electron chi connectivity index (χ2n) is 4.27. The lowest BCUT2D eigenvalue weighted by Gasteiger charge is -2.08. The van der Waals surface area contributed by atoms with E-state index in [0.29, 0.717) is 12.2 Å². The highest BCUT2D eigenvalue weighted by Gasteiger charge is 2.13. The van der Waals surface area contributed by atoms with Gasteiger partial charge in [0.2, 0.25) is 5.91 Å². The van der Waals surface area contributed by atoms with Gasteiger partial charge < -0.3 is 11.1 Å². The third-order valence-corrected chi connectivity index (χ3v) is 2.62. The minimum atomic E-state index is -0.448. The number of aromatic nitrogens is 2. The van der Waals surface area contributed by atoms with Gasteiger partial charge in [-0.1, -0.05) is 26.7 Å². The molecular weight excluding hydrogens is 216 g/mol. The van der Waals surface area contributed by atoms with Gasteiger partial charge in [0, 0.05) is 11.8 Å². The Morgan fingerprint density at radius 3 is 2.94 bits per heavy atom. The standard InChI is InChI=1S/C12H22N4O/c1-3-5-7-9-8-11(16-15-9)14-12(17)10(13)6-4-2/h8,10H,3-7,13H2,1-2H3,(H2,14,15,16,17). The maximum Gasteiger partial charge on any atom is 0.242 e. The number of nitrogens with one attached hydrogen (secondary N) is 2. The smallest absolute Gasteiger partial charge is 0.242 e. The number of aryl methyl sites for hydroxylation is 1. The zero-order chi connectivity index (χ0) is 12.7. The first-order valence-corrected chi connectivity index (χ1v) is 6.28. The van der Waals surface area contributed by atoms with E-state index >= 15 is 0 Å². The monoisotopic (exact) mass is 238 g/mol. The van der Waals surface area contributed by atoms with Crippen LogP contribution in [0, 0.1) is 0 Å². The topological polar surface area (TPSA) is 83.8 Å². The van der Waals surface area contributed by atoms with Crippen LogP contribution >= 0.6 is 0 Å². The van der Waals surface area contributed by atoms with E-state index in [0.717, 1.165) is 31.4 Å². The molecule has 1 heterocycles. The molecule has 1 rings (SSSR count). The zero-order valence-electron chi connectivity index (χ0n) is 10.6. The predicted molar refractivity (Wildman–Crippen MR) is 68.7 cm³/mol. The van der Waals surface area contributed by atoms with Crippen LogP contribution < -0.4 is 11.1 Å². The molecule has 1 unspecified atom stereocenters. The molecule has 1 amide bonds. The van der Waals surface area contributed by atoms with Crippen LogP contribution in [0.15, 0.2) is 6.07 Å². The summed E-state index contributed by atoms with van der Waals surface area (Å²) in [6, 6.07) is 1.42. The summed E-state index contributed by atoms with van der Waals surface area (Å²) in [6.45, 7) is 4.15. The molecule has 1 aromatic heterocycles. The lowest BCUT2D eigenvalue weighted by molar-refractivity contribution is -0.117. The number of carbonyl (C=O) groups excluding carboxylic acids is 1. The lowest BCUT2D eigenvalue weighted by Crippen LogP contribution is -2.35. The lowest BCUT2D eigenvalue weighted by atomic mass is 10.1. The number of H-pyrrole nitrogens is 1. The van der Waals surface area contributed by atoms with Gasteiger partial charge in [-0.15, -0.1) is 0 Å². The largest absolute Gasteiger partial charge is 0.320 e. The van der Waals surface area contributed by atoms with Gasteiger partial charge in [-0.2, -0.15) is 5.10 Å². The number of amides is 1. The maximum absolute atomic E-state index is 11.6. The van der Waals surface area contributed by atoms with Crippen molar-refractivity contribution in [1.29, 1.82) is 0 Å². The Morgan fingerprint density at radius 1 is 1.53 bits per heavy atom. The van der Waals surface area contributed by atoms with Crippen molar-refractivity contribution in [2.45, 2.75) is 52.0 Å². The third-order valence-electron chi connectivity index (χ3n) is 2.62. The van der Waals surface area contributed by atoms with E-state index in [-0.39, 0.29) is 5.91 Å². The van der Waals surface area contributed by atoms with E-state index in [9.17, 15) is 4.79 Å². The summed E-state index contributed by atoms with van der Waals surface area (Å²) in [5, 5.41) is 9.67. The number of nitrogens with two attached hydrogens (primary N) is 1. The van der Waals surface area contributed by atoms with E-state index in [2.05, 4.69) is 22.4 Å². The first kappa shape index (κ1) is 13.7. The van der Waals surface area contributed by atoms with Gasteiger partial charge in [0.05, 0.1) is 6.04 Å². The molecule has 96 valence electrons. The number of carbonyl (C=O) groups is 1. The van der Waals surface area contributed by atoms with Gasteiger partial charge in [-0.05, 0) is 19.3 Å². The molecule has 0 radical (unpaired) electrons. The summed E-state index contributed by atoms with van der Waals surface area (Å²) in [4.78, 5) is 11.6. The van der Waals surface area contributed by atoms with Crippen LogP contribution in [0.4, 0.5) is 5.82 Å². The van der Waals surface area contributed by atoms with Gasteiger partial charge in [0.25, 0.3) is 0 Å². The van der Waals surface area contributed by atoms with Gasteiger partial charge >= 0.3 is 0 Å². The normalized spacial score (nSPS) is 12.4. The number of aromatic amines is 1. The molecule has 0 aliphatic rings. The number of hydrogen-bond acceptors (Lipinski definition) is 3. The molecule has 0 aliphatic carbocycles. The Balaban J connectivity index is 2.45. The van der Waals surface area contributed by atoms with Gasteiger partial charge in [-0.25, -0.2) is 0 Å². The summed E-state index contributed by atoms with van der Waals surface area (Å²) >= 11 is 0. The van der Waals surface area contributed by atoms with Crippen molar-refractivity contribution in [3.63, 3.8) is 0 Å². The van der Waals surface area contributed by atoms with Gasteiger partial charge in [-0.3, -0.25) is 9.89 Å². The summed E-state index contributed by atoms with van der Waals surface area (Å²) < 4.78 is 0. The van der Waals surface area contributed by atoms with Crippen molar-refractivity contribution in [2.24, 2.45) is 5.73 Å². The van der Waals surface area contributed by atoms with Gasteiger partial charge in [0.1, 0.15) is 0 Å². The molecule has 17 heavy (non-hydrogen) atoms. The Hall–Kier alpha value is -1.36. The summed E-state index contributed by atoms with van der Waals surface area (Å²) in [6.07, 6.45) is 4.81. The second kappa shape index (κ2) is 7.06. The Bertz CT molecular complexity index is 348. The molecule has 0 spiro atoms. The van der Waals surface area contributed by atoms with Crippen LogP contribution in [0.1, 0.15) is 45.2 Å². The molecule has 0 aromatic carbocycles. The quantitative estimate of drug-likeness (QED) is 0.677. The summed E-state index contributed by atoms with van der Waals surface area (Å²) in [5.41, 5.74) is 6.76. The van der Waals surface area contributed by atoms with Crippen LogP contribution in [-0.2, 0) is 11.2 Å². The fourth-order valence-electron chi connectivity index (χ4n) is 1.58. The minimum absolute atomic E-state index is 0.166. The van der Waals surface area contributed by atoms with Crippen molar-refractivity contribution >= 4 is 11.7 Å². The molecule has 5 nitrogen and oxygen atoms in total. The molecule has 0 bridgehead atoms. The first-order chi connectivity index (χ1) is 8.17. The molecule has 0 fully saturated rings. The Kier molecular flexibility index (Phi) is 5.69. The highest BCUT2D eigenvalue weighted by molar-refractivity contribution is 5.93. The van der Waals surface area contributed by atoms with Crippen molar-refractivity contribution in [3.8, 4) is 0 Å². The van der Waals surface area contributed by atoms with E-state index < -0.39 is 6.04 Å². The summed E-state index contributed by atoms with van der Waals surface area (Å²) in [7, 11) is 0. The number of hydrogen-bond donors (Lipinski definition) is 3. The van der Waals surface area contributed by atoms with Crippen LogP contribution in [0.25, 0.3) is 0 Å². The average Bonchev–Trinajstić information content (AvgIpc) is 2.74. The number of nitrogens with zero attached hydrogens (tertiary/aromatic N) is 1. The fourth-order valence-corrected chi connectivity index (χ4v) is 1.58. The van der Waals surface area contributed by atoms with Crippen LogP contribution in [0.2, 0.25) is 0 Å². The van der Waals surface area contributed by atoms with E-state index in [1.54, 1.807) is 0 Å². The van der Waals surface area contributed by atoms with E-state index in [1.807, 2.05) is 13.0 Å². The number of rotatable bonds is 7. The average molecular weight is 238 g/mol. The third kappa shape index (κ3) is 4.56. The zero-order valence-corrected chi connectivity index (χ0v) is 10.6. The SMILES string of the molecule is CCCCc1cc(NC(=O)C(N)CCC)n[nH]1. The molecule has 0 saturated carbocycles. The minimum Gasteiger partial charge on any atom is -0.320 e. The number of anilines is 1. The van der Waals surface area contributed by atoms with Crippen molar-refractivity contribution in [2.75, 3.05) is 5.32 Å². The highest BCUT2D eigenvalue weighted by Crippen LogP contribution is 2.09. The maximum atomic E-state index is 11.6. The molecule has 1 aromatic rings. The van der Waals surface area contributed by atoms with Crippen molar-refractivity contribution < 1.29 is 4.79 Å². The molecule has 0 saturated heterocycles. The Labute approximate surface area is 102 Å². The second-order valence-corrected chi connectivity index (χ2v) is 4.27. The molecule has 4 N–H and O–H groups in total. The number of unbranched alkanes of at least 4 members (excludes halogenated alkanes) is 1. The first-order valence-electron chi connectivity index (χ1n) is 6.28. The van der Waals surface area contributed by atoms with E-state index in [1.165, 1.54) is 0 Å². The molecular formula is C12H22N4O. The highest BCUT2D eigenvalue weighted by atomic mass is 16.2. The predicted octanol–water partition coefficient (Wildman–Crippen LogP) is 1.82. The molecule has 0 aliphatic heterocycles. The Morgan fingerprint density at radius 2 is 2.29 bits per heavy atom. The van der Waals surface area contributed by atoms with Gasteiger partial charge in [0.15, 0.2) is 5.82 Å². The molecule has 1 atom stereocenters.